The van der Waals surface area contributed by atoms with Crippen LogP contribution < -0.4 is 14.4 Å². The Morgan fingerprint density at radius 3 is 2.29 bits per heavy atom. The van der Waals surface area contributed by atoms with E-state index in [0.29, 0.717) is 24.0 Å². The maximum atomic E-state index is 12.5. The van der Waals surface area contributed by atoms with Gasteiger partial charge in [0.25, 0.3) is 0 Å². The van der Waals surface area contributed by atoms with Crippen molar-refractivity contribution in [2.24, 2.45) is 5.92 Å². The molecule has 1 atom stereocenters. The second kappa shape index (κ2) is 13.6. The third-order valence-electron chi connectivity index (χ3n) is 5.94. The fourth-order valence-corrected chi connectivity index (χ4v) is 4.89. The molecule has 0 unspecified atom stereocenters. The maximum absolute atomic E-state index is 12.5. The summed E-state index contributed by atoms with van der Waals surface area (Å²) in [7, 11) is -3.24. The van der Waals surface area contributed by atoms with E-state index in [0.717, 1.165) is 21.0 Å². The first-order valence-corrected chi connectivity index (χ1v) is 14.5. The lowest BCUT2D eigenvalue weighted by molar-refractivity contribution is 0.0479. The molecule has 3 rings (SSSR count). The van der Waals surface area contributed by atoms with Crippen LogP contribution in [0.1, 0.15) is 62.5 Å². The molecule has 1 heterocycles. The number of anilines is 2. The van der Waals surface area contributed by atoms with Crippen LogP contribution in [0.15, 0.2) is 48.5 Å². The molecule has 11 heteroatoms. The molecule has 0 aliphatic heterocycles. The van der Waals surface area contributed by atoms with Gasteiger partial charge in [-0.15, -0.1) is 0 Å². The molecule has 0 bridgehead atoms. The summed E-state index contributed by atoms with van der Waals surface area (Å²) in [6.07, 6.45) is 0.683. The Hall–Kier alpha value is -3.99. The molecule has 0 aliphatic rings. The van der Waals surface area contributed by atoms with Crippen molar-refractivity contribution in [3.63, 3.8) is 0 Å². The number of hydrogen-bond acceptors (Lipinski definition) is 8. The maximum Gasteiger partial charge on any atom is 0.407 e. The molecule has 2 aromatic carbocycles. The summed E-state index contributed by atoms with van der Waals surface area (Å²) in [5.41, 5.74) is 3.01. The van der Waals surface area contributed by atoms with Crippen molar-refractivity contribution >= 4 is 34.9 Å². The number of aldehydes is 1. The molecule has 1 aromatic heterocycles. The quantitative estimate of drug-likeness (QED) is 0.222. The van der Waals surface area contributed by atoms with Gasteiger partial charge < -0.3 is 14.8 Å². The van der Waals surface area contributed by atoms with Crippen molar-refractivity contribution in [3.05, 3.63) is 65.2 Å². The molecule has 0 saturated heterocycles. The molecule has 220 valence electrons. The number of aromatic nitrogens is 2. The smallest absolute Gasteiger partial charge is 0.407 e. The van der Waals surface area contributed by atoms with E-state index in [1.165, 1.54) is 6.07 Å². The highest BCUT2D eigenvalue weighted by Gasteiger charge is 2.23. The van der Waals surface area contributed by atoms with Gasteiger partial charge in [-0.25, -0.2) is 22.5 Å². The van der Waals surface area contributed by atoms with Gasteiger partial charge >= 0.3 is 6.09 Å². The second-order valence-corrected chi connectivity index (χ2v) is 12.1. The molecule has 0 fully saturated rings. The first kappa shape index (κ1) is 31.5. The molecule has 1 N–H and O–H groups in total. The standard InChI is InChI=1S/C30H38N4O6S/c1-19(2)14-23(31-29(36)40-30(5,6)7)18-39-26-16-25(27-20(3)10-8-11-21(27)4)32-28(33-26)34(41(37)38)24-13-9-12-22(15-24)17-35/h8-13,15-17,19,23,41H,14,18H2,1-7H3,(H,31,36)/t23-/m1/s1. The number of nitrogens with zero attached hydrogens (tertiary/aromatic N) is 3. The van der Waals surface area contributed by atoms with Gasteiger partial charge in [0.2, 0.25) is 22.7 Å². The van der Waals surface area contributed by atoms with Gasteiger partial charge in [-0.1, -0.05) is 44.2 Å². The van der Waals surface area contributed by atoms with Crippen molar-refractivity contribution in [3.8, 4) is 17.1 Å². The molecule has 0 aliphatic carbocycles. The fraction of sp³-hybridized carbons (Fsp3) is 0.400. The first-order chi connectivity index (χ1) is 19.3. The molecule has 0 spiro atoms. The van der Waals surface area contributed by atoms with Crippen LogP contribution in [-0.4, -0.2) is 49.0 Å². The Labute approximate surface area is 243 Å². The van der Waals surface area contributed by atoms with E-state index in [-0.39, 0.29) is 30.0 Å². The number of carbonyl (C=O) groups excluding carboxylic acids is 2. The lowest BCUT2D eigenvalue weighted by atomic mass is 10.00. The second-order valence-electron chi connectivity index (χ2n) is 11.2. The predicted molar refractivity (Wildman–Crippen MR) is 159 cm³/mol. The number of benzene rings is 2. The number of amides is 1. The van der Waals surface area contributed by atoms with Gasteiger partial charge in [0.15, 0.2) is 0 Å². The minimum Gasteiger partial charge on any atom is -0.475 e. The van der Waals surface area contributed by atoms with E-state index in [4.69, 9.17) is 9.47 Å². The highest BCUT2D eigenvalue weighted by atomic mass is 32.2. The molecular weight excluding hydrogens is 544 g/mol. The van der Waals surface area contributed by atoms with Crippen molar-refractivity contribution < 1.29 is 27.5 Å². The lowest BCUT2D eigenvalue weighted by Gasteiger charge is -2.25. The summed E-state index contributed by atoms with van der Waals surface area (Å²) in [5, 5.41) is 2.86. The summed E-state index contributed by atoms with van der Waals surface area (Å²) < 4.78 is 37.5. The van der Waals surface area contributed by atoms with E-state index in [9.17, 15) is 18.0 Å². The lowest BCUT2D eigenvalue weighted by Crippen LogP contribution is -2.42. The summed E-state index contributed by atoms with van der Waals surface area (Å²) in [6.45, 7) is 13.4. The number of rotatable bonds is 11. The van der Waals surface area contributed by atoms with E-state index >= 15 is 0 Å². The summed E-state index contributed by atoms with van der Waals surface area (Å²) in [5.74, 6) is 0.232. The van der Waals surface area contributed by atoms with Gasteiger partial charge in [-0.3, -0.25) is 4.79 Å². The van der Waals surface area contributed by atoms with E-state index in [1.54, 1.807) is 45.0 Å². The van der Waals surface area contributed by atoms with Crippen LogP contribution in [0.2, 0.25) is 0 Å². The largest absolute Gasteiger partial charge is 0.475 e. The van der Waals surface area contributed by atoms with Crippen molar-refractivity contribution in [1.29, 1.82) is 0 Å². The average Bonchev–Trinajstić information content (AvgIpc) is 2.86. The summed E-state index contributed by atoms with van der Waals surface area (Å²) in [6, 6.07) is 13.2. The van der Waals surface area contributed by atoms with Crippen LogP contribution in [0.4, 0.5) is 16.4 Å². The minimum absolute atomic E-state index is 0.0597. The zero-order valence-electron chi connectivity index (χ0n) is 24.5. The van der Waals surface area contributed by atoms with Crippen molar-refractivity contribution in [1.82, 2.24) is 15.3 Å². The van der Waals surface area contributed by atoms with Crippen molar-refractivity contribution in [2.45, 2.75) is 66.5 Å². The van der Waals surface area contributed by atoms with Crippen molar-refractivity contribution in [2.75, 3.05) is 10.9 Å². The van der Waals surface area contributed by atoms with E-state index in [2.05, 4.69) is 15.3 Å². The number of aryl methyl sites for hydroxylation is 2. The molecular formula is C30H38N4O6S. The van der Waals surface area contributed by atoms with Crippen LogP contribution in [0.25, 0.3) is 11.3 Å². The molecule has 0 saturated carbocycles. The zero-order valence-corrected chi connectivity index (χ0v) is 25.4. The molecule has 3 aromatic rings. The number of hydrogen-bond donors (Lipinski definition) is 2. The van der Waals surface area contributed by atoms with Crippen LogP contribution >= 0.6 is 0 Å². The average molecular weight is 583 g/mol. The van der Waals surface area contributed by atoms with E-state index < -0.39 is 28.6 Å². The number of alkyl carbamates (subject to hydrolysis) is 1. The van der Waals surface area contributed by atoms with E-state index in [1.807, 2.05) is 45.9 Å². The monoisotopic (exact) mass is 582 g/mol. The van der Waals surface area contributed by atoms with Crippen LogP contribution in [0, 0.1) is 19.8 Å². The molecule has 1 amide bonds. The predicted octanol–water partition coefficient (Wildman–Crippen LogP) is 5.56. The Morgan fingerprint density at radius 1 is 1.05 bits per heavy atom. The highest BCUT2D eigenvalue weighted by molar-refractivity contribution is 7.74. The van der Waals surface area contributed by atoms with Gasteiger partial charge in [0.05, 0.1) is 17.4 Å². The topological polar surface area (TPSA) is 128 Å². The van der Waals surface area contributed by atoms with Gasteiger partial charge in [0, 0.05) is 17.2 Å². The Bertz CT molecular complexity index is 1440. The summed E-state index contributed by atoms with van der Waals surface area (Å²) in [4.78, 5) is 32.9. The van der Waals surface area contributed by atoms with Crippen LogP contribution in [0.5, 0.6) is 5.88 Å². The highest BCUT2D eigenvalue weighted by Crippen LogP contribution is 2.32. The normalized spacial score (nSPS) is 12.2. The van der Waals surface area contributed by atoms with Gasteiger partial charge in [0.1, 0.15) is 18.5 Å². The number of thiol groups is 1. The number of carbonyl (C=O) groups is 2. The Morgan fingerprint density at radius 2 is 1.71 bits per heavy atom. The zero-order chi connectivity index (χ0) is 30.3. The van der Waals surface area contributed by atoms with Gasteiger partial charge in [-0.2, -0.15) is 4.98 Å². The van der Waals surface area contributed by atoms with Crippen LogP contribution in [0.3, 0.4) is 0 Å². The Balaban J connectivity index is 2.06. The van der Waals surface area contributed by atoms with Crippen LogP contribution in [-0.2, 0) is 15.6 Å². The summed E-state index contributed by atoms with van der Waals surface area (Å²) >= 11 is 0. The third-order valence-corrected chi connectivity index (χ3v) is 6.68. The number of nitrogens with one attached hydrogen (secondary N) is 1. The third kappa shape index (κ3) is 9.01. The molecule has 10 nitrogen and oxygen atoms in total. The number of ether oxygens (including phenoxy) is 2. The molecule has 41 heavy (non-hydrogen) atoms. The SMILES string of the molecule is Cc1cccc(C)c1-c1cc(OC[C@@H](CC(C)C)NC(=O)OC(C)(C)C)nc(N(c2cccc(C=O)c2)[SH](=O)=O)n1. The first-order valence-electron chi connectivity index (χ1n) is 13.3. The minimum atomic E-state index is -3.24. The fourth-order valence-electron chi connectivity index (χ4n) is 4.34. The molecule has 0 radical (unpaired) electrons. The van der Waals surface area contributed by atoms with Gasteiger partial charge in [-0.05, 0) is 70.2 Å². The Kier molecular flexibility index (Phi) is 10.4.